The van der Waals surface area contributed by atoms with E-state index in [2.05, 4.69) is 26.1 Å². The van der Waals surface area contributed by atoms with E-state index in [-0.39, 0.29) is 17.9 Å². The van der Waals surface area contributed by atoms with Crippen LogP contribution in [0.1, 0.15) is 220 Å². The van der Waals surface area contributed by atoms with Gasteiger partial charge in [0.1, 0.15) is 6.61 Å². The van der Waals surface area contributed by atoms with E-state index >= 15 is 0 Å². The van der Waals surface area contributed by atoms with Crippen molar-refractivity contribution in [2.24, 2.45) is 0 Å². The molecule has 0 heterocycles. The molecule has 0 aromatic rings. The van der Waals surface area contributed by atoms with Crippen molar-refractivity contribution in [2.75, 3.05) is 6.61 Å². The van der Waals surface area contributed by atoms with Crippen molar-refractivity contribution in [1.82, 2.24) is 5.32 Å². The second-order valence-electron chi connectivity index (χ2n) is 13.1. The van der Waals surface area contributed by atoms with Crippen LogP contribution in [0.2, 0.25) is 0 Å². The summed E-state index contributed by atoms with van der Waals surface area (Å²) in [5.41, 5.74) is 0. The zero-order chi connectivity index (χ0) is 30.8. The Morgan fingerprint density at radius 3 is 1.21 bits per heavy atom. The van der Waals surface area contributed by atoms with Crippen molar-refractivity contribution in [2.45, 2.75) is 226 Å². The first-order valence-corrected chi connectivity index (χ1v) is 19.1. The largest absolute Gasteiger partial charge is 0.463 e. The van der Waals surface area contributed by atoms with E-state index in [1.165, 1.54) is 148 Å². The lowest BCUT2D eigenvalue weighted by Crippen LogP contribution is -2.38. The Kier molecular flexibility index (Phi) is 33.6. The van der Waals surface area contributed by atoms with Gasteiger partial charge in [-0.15, -0.1) is 0 Å². The molecule has 0 saturated carbocycles. The van der Waals surface area contributed by atoms with Crippen LogP contribution >= 0.6 is 0 Å². The van der Waals surface area contributed by atoms with Crippen LogP contribution in [0, 0.1) is 0 Å². The lowest BCUT2D eigenvalue weighted by molar-refractivity contribution is -0.145. The van der Waals surface area contributed by atoms with Gasteiger partial charge in [0.05, 0.1) is 6.04 Å². The van der Waals surface area contributed by atoms with Gasteiger partial charge in [0.15, 0.2) is 0 Å². The van der Waals surface area contributed by atoms with Crippen LogP contribution in [0.5, 0.6) is 0 Å². The number of carbonyl (C=O) groups is 2. The topological polar surface area (TPSA) is 55.4 Å². The monoisotopic (exact) mass is 594 g/mol. The highest BCUT2D eigenvalue weighted by molar-refractivity contribution is 5.76. The Labute approximate surface area is 263 Å². The van der Waals surface area contributed by atoms with Crippen LogP contribution in [0.15, 0.2) is 0 Å². The smallest absolute Gasteiger partial charge is 0.305 e. The molecule has 1 unspecified atom stereocenters. The molecule has 0 saturated heterocycles. The van der Waals surface area contributed by atoms with Gasteiger partial charge in [0, 0.05) is 12.8 Å². The van der Waals surface area contributed by atoms with Gasteiger partial charge in [0.25, 0.3) is 0 Å². The third-order valence-corrected chi connectivity index (χ3v) is 8.71. The molecule has 0 aromatic heterocycles. The van der Waals surface area contributed by atoms with E-state index in [0.29, 0.717) is 19.4 Å². The number of nitrogens with one attached hydrogen (secondary N) is 1. The van der Waals surface area contributed by atoms with Crippen molar-refractivity contribution in [3.05, 3.63) is 0 Å². The minimum absolute atomic E-state index is 0.0439. The Balaban J connectivity index is 4.09. The van der Waals surface area contributed by atoms with E-state index < -0.39 is 0 Å². The van der Waals surface area contributed by atoms with Gasteiger partial charge >= 0.3 is 5.97 Å². The van der Waals surface area contributed by atoms with Gasteiger partial charge in [-0.2, -0.15) is 0 Å². The summed E-state index contributed by atoms with van der Waals surface area (Å²) in [6.07, 6.45) is 37.9. The summed E-state index contributed by atoms with van der Waals surface area (Å²) in [6.45, 7) is 7.06. The summed E-state index contributed by atoms with van der Waals surface area (Å²) in [7, 11) is 0. The summed E-state index contributed by atoms with van der Waals surface area (Å²) < 4.78 is 5.61. The van der Waals surface area contributed by atoms with Gasteiger partial charge in [-0.3, -0.25) is 9.59 Å². The standard InChI is InChI=1S/C38H75NO3/c1-4-7-10-13-15-17-19-21-23-25-27-29-32-36(35-42-38(41)34-31-12-9-6-3)39-37(40)33-30-28-26-24-22-20-18-16-14-11-8-5-2/h36H,4-35H2,1-3H3,(H,39,40). The Morgan fingerprint density at radius 2 is 0.786 bits per heavy atom. The molecule has 250 valence electrons. The van der Waals surface area contributed by atoms with Gasteiger partial charge in [-0.25, -0.2) is 0 Å². The number of amides is 1. The molecular weight excluding hydrogens is 518 g/mol. The van der Waals surface area contributed by atoms with E-state index in [4.69, 9.17) is 4.74 Å². The number of ether oxygens (including phenoxy) is 1. The third-order valence-electron chi connectivity index (χ3n) is 8.71. The maximum absolute atomic E-state index is 12.7. The van der Waals surface area contributed by atoms with Crippen LogP contribution in [0.25, 0.3) is 0 Å². The highest BCUT2D eigenvalue weighted by Gasteiger charge is 2.15. The number of rotatable bonds is 34. The predicted molar refractivity (Wildman–Crippen MR) is 183 cm³/mol. The van der Waals surface area contributed by atoms with Gasteiger partial charge in [0.2, 0.25) is 5.91 Å². The van der Waals surface area contributed by atoms with Gasteiger partial charge in [-0.05, 0) is 19.3 Å². The molecule has 0 aliphatic carbocycles. The quantitative estimate of drug-likeness (QED) is 0.0596. The molecule has 0 fully saturated rings. The summed E-state index contributed by atoms with van der Waals surface area (Å²) >= 11 is 0. The predicted octanol–water partition coefficient (Wildman–Crippen LogP) is 12.2. The molecule has 1 N–H and O–H groups in total. The molecule has 0 aliphatic heterocycles. The first-order valence-electron chi connectivity index (χ1n) is 19.1. The Morgan fingerprint density at radius 1 is 0.452 bits per heavy atom. The summed E-state index contributed by atoms with van der Waals surface area (Å²) in [5, 5.41) is 3.21. The van der Waals surface area contributed by atoms with Crippen LogP contribution in [0.4, 0.5) is 0 Å². The first kappa shape index (κ1) is 40.9. The van der Waals surface area contributed by atoms with Crippen molar-refractivity contribution >= 4 is 11.9 Å². The molecular formula is C38H75NO3. The molecule has 0 aromatic carbocycles. The van der Waals surface area contributed by atoms with E-state index in [0.717, 1.165) is 38.5 Å². The highest BCUT2D eigenvalue weighted by atomic mass is 16.5. The first-order chi connectivity index (χ1) is 20.6. The van der Waals surface area contributed by atoms with E-state index in [1.54, 1.807) is 0 Å². The number of carbonyl (C=O) groups excluding carboxylic acids is 2. The fraction of sp³-hybridized carbons (Fsp3) is 0.947. The van der Waals surface area contributed by atoms with Crippen LogP contribution in [0.3, 0.4) is 0 Å². The zero-order valence-electron chi connectivity index (χ0n) is 28.9. The molecule has 0 aliphatic rings. The molecule has 0 radical (unpaired) electrons. The maximum atomic E-state index is 12.7. The molecule has 42 heavy (non-hydrogen) atoms. The van der Waals surface area contributed by atoms with Crippen molar-refractivity contribution in [1.29, 1.82) is 0 Å². The molecule has 1 amide bonds. The second kappa shape index (κ2) is 34.4. The summed E-state index contributed by atoms with van der Waals surface area (Å²) in [6, 6.07) is -0.0439. The lowest BCUT2D eigenvalue weighted by Gasteiger charge is -2.19. The molecule has 1 atom stereocenters. The summed E-state index contributed by atoms with van der Waals surface area (Å²) in [4.78, 5) is 24.9. The van der Waals surface area contributed by atoms with Crippen molar-refractivity contribution < 1.29 is 14.3 Å². The highest BCUT2D eigenvalue weighted by Crippen LogP contribution is 2.15. The molecule has 0 spiro atoms. The maximum Gasteiger partial charge on any atom is 0.305 e. The Bertz CT molecular complexity index is 565. The number of hydrogen-bond donors (Lipinski definition) is 1. The van der Waals surface area contributed by atoms with Crippen molar-refractivity contribution in [3.63, 3.8) is 0 Å². The van der Waals surface area contributed by atoms with Gasteiger partial charge < -0.3 is 10.1 Å². The Hall–Kier alpha value is -1.06. The number of esters is 1. The minimum atomic E-state index is -0.110. The normalized spacial score (nSPS) is 12.0. The molecule has 0 bridgehead atoms. The fourth-order valence-electron chi connectivity index (χ4n) is 5.82. The van der Waals surface area contributed by atoms with E-state index in [9.17, 15) is 9.59 Å². The average Bonchev–Trinajstić information content (AvgIpc) is 2.99. The SMILES string of the molecule is CCCCCCCCCCCCCCC(=O)NC(CCCCCCCCCCCCCC)COC(=O)CCCCCC. The molecule has 4 nitrogen and oxygen atoms in total. The molecule has 4 heteroatoms. The fourth-order valence-corrected chi connectivity index (χ4v) is 5.82. The third kappa shape index (κ3) is 31.9. The number of unbranched alkanes of at least 4 members (excludes halogenated alkanes) is 25. The van der Waals surface area contributed by atoms with Crippen LogP contribution < -0.4 is 5.32 Å². The van der Waals surface area contributed by atoms with Gasteiger partial charge in [-0.1, -0.05) is 188 Å². The molecule has 0 rings (SSSR count). The second-order valence-corrected chi connectivity index (χ2v) is 13.1. The summed E-state index contributed by atoms with van der Waals surface area (Å²) in [5.74, 6) is 0.0195. The lowest BCUT2D eigenvalue weighted by atomic mass is 10.0. The minimum Gasteiger partial charge on any atom is -0.463 e. The zero-order valence-corrected chi connectivity index (χ0v) is 28.9. The number of hydrogen-bond acceptors (Lipinski definition) is 3. The van der Waals surface area contributed by atoms with E-state index in [1.807, 2.05) is 0 Å². The van der Waals surface area contributed by atoms with Crippen LogP contribution in [-0.2, 0) is 14.3 Å². The van der Waals surface area contributed by atoms with Crippen LogP contribution in [-0.4, -0.2) is 24.5 Å². The van der Waals surface area contributed by atoms with Crippen molar-refractivity contribution in [3.8, 4) is 0 Å². The average molecular weight is 594 g/mol.